The molecule has 4 heteroatoms. The van der Waals surface area contributed by atoms with Gasteiger partial charge in [0.2, 0.25) is 0 Å². The largest absolute Gasteiger partial charge is 0.399 e. The van der Waals surface area contributed by atoms with Gasteiger partial charge in [-0.1, -0.05) is 24.6 Å². The van der Waals surface area contributed by atoms with E-state index in [-0.39, 0.29) is 0 Å². The Kier molecular flexibility index (Phi) is 6.47. The average molecular weight is 271 g/mol. The molecular formula is C14H23ClN2O. The minimum atomic E-state index is 0.508. The second-order valence-electron chi connectivity index (χ2n) is 4.57. The number of methoxy groups -OCH3 is 1. The Bertz CT molecular complexity index is 371. The van der Waals surface area contributed by atoms with Gasteiger partial charge in [-0.25, -0.2) is 0 Å². The van der Waals surface area contributed by atoms with Crippen LogP contribution >= 0.6 is 11.6 Å². The van der Waals surface area contributed by atoms with Crippen molar-refractivity contribution in [3.63, 3.8) is 0 Å². The van der Waals surface area contributed by atoms with Crippen molar-refractivity contribution in [2.75, 3.05) is 26.0 Å². The fourth-order valence-corrected chi connectivity index (χ4v) is 2.08. The number of nitrogens with zero attached hydrogens (tertiary/aromatic N) is 1. The van der Waals surface area contributed by atoms with Gasteiger partial charge in [-0.2, -0.15) is 0 Å². The van der Waals surface area contributed by atoms with Gasteiger partial charge in [0, 0.05) is 37.0 Å². The first-order chi connectivity index (χ1) is 8.58. The van der Waals surface area contributed by atoms with E-state index in [9.17, 15) is 0 Å². The molecule has 1 aromatic carbocycles. The maximum Gasteiger partial charge on any atom is 0.0589 e. The summed E-state index contributed by atoms with van der Waals surface area (Å²) in [6.07, 6.45) is 1.11. The zero-order valence-electron chi connectivity index (χ0n) is 11.4. The molecule has 0 aliphatic heterocycles. The van der Waals surface area contributed by atoms with Crippen LogP contribution in [-0.2, 0) is 11.3 Å². The standard InChI is InChI=1S/C14H23ClN2O/c1-4-11(2)17(7-8-18-3)10-12-5-6-13(16)9-14(12)15/h5-6,9,11H,4,7-8,10,16H2,1-3H3. The summed E-state index contributed by atoms with van der Waals surface area (Å²) >= 11 is 6.22. The van der Waals surface area contributed by atoms with Gasteiger partial charge in [0.05, 0.1) is 6.61 Å². The van der Waals surface area contributed by atoms with E-state index >= 15 is 0 Å². The van der Waals surface area contributed by atoms with Gasteiger partial charge in [0.25, 0.3) is 0 Å². The number of nitrogens with two attached hydrogens (primary N) is 1. The molecule has 0 bridgehead atoms. The highest BCUT2D eigenvalue weighted by atomic mass is 35.5. The number of benzene rings is 1. The normalized spacial score (nSPS) is 12.9. The van der Waals surface area contributed by atoms with E-state index < -0.39 is 0 Å². The van der Waals surface area contributed by atoms with Crippen molar-refractivity contribution in [3.05, 3.63) is 28.8 Å². The molecule has 0 saturated carbocycles. The Hall–Kier alpha value is -0.770. The second kappa shape index (κ2) is 7.62. The minimum absolute atomic E-state index is 0.508. The number of nitrogen functional groups attached to an aromatic ring is 1. The topological polar surface area (TPSA) is 38.5 Å². The monoisotopic (exact) mass is 270 g/mol. The summed E-state index contributed by atoms with van der Waals surface area (Å²) < 4.78 is 5.16. The molecule has 3 nitrogen and oxygen atoms in total. The van der Waals surface area contributed by atoms with Crippen LogP contribution in [-0.4, -0.2) is 31.2 Å². The molecule has 0 spiro atoms. The fraction of sp³-hybridized carbons (Fsp3) is 0.571. The molecule has 1 aromatic rings. The predicted molar refractivity (Wildman–Crippen MR) is 77.9 cm³/mol. The molecule has 0 aromatic heterocycles. The van der Waals surface area contributed by atoms with Crippen molar-refractivity contribution >= 4 is 17.3 Å². The van der Waals surface area contributed by atoms with E-state index in [1.165, 1.54) is 0 Å². The maximum atomic E-state index is 6.22. The number of anilines is 1. The van der Waals surface area contributed by atoms with Crippen molar-refractivity contribution in [2.24, 2.45) is 0 Å². The smallest absolute Gasteiger partial charge is 0.0589 e. The molecule has 102 valence electrons. The molecule has 0 amide bonds. The van der Waals surface area contributed by atoms with Crippen LogP contribution in [0.2, 0.25) is 5.02 Å². The quantitative estimate of drug-likeness (QED) is 0.774. The molecule has 1 rings (SSSR count). The Morgan fingerprint density at radius 1 is 1.44 bits per heavy atom. The summed E-state index contributed by atoms with van der Waals surface area (Å²) in [5, 5.41) is 0.737. The fourth-order valence-electron chi connectivity index (χ4n) is 1.83. The van der Waals surface area contributed by atoms with Gasteiger partial charge >= 0.3 is 0 Å². The lowest BCUT2D eigenvalue weighted by Gasteiger charge is -2.28. The molecule has 0 fully saturated rings. The second-order valence-corrected chi connectivity index (χ2v) is 4.98. The van der Waals surface area contributed by atoms with Crippen LogP contribution in [0, 0.1) is 0 Å². The van der Waals surface area contributed by atoms with Crippen molar-refractivity contribution in [1.82, 2.24) is 4.90 Å². The lowest BCUT2D eigenvalue weighted by Crippen LogP contribution is -2.34. The Labute approximate surface area is 115 Å². The average Bonchev–Trinajstić information content (AvgIpc) is 2.36. The Balaban J connectivity index is 2.75. The highest BCUT2D eigenvalue weighted by Gasteiger charge is 2.14. The van der Waals surface area contributed by atoms with Crippen LogP contribution in [0.5, 0.6) is 0 Å². The molecule has 0 saturated heterocycles. The van der Waals surface area contributed by atoms with Crippen molar-refractivity contribution in [2.45, 2.75) is 32.9 Å². The Morgan fingerprint density at radius 3 is 2.72 bits per heavy atom. The third-order valence-corrected chi connectivity index (χ3v) is 3.60. The lowest BCUT2D eigenvalue weighted by atomic mass is 10.1. The van der Waals surface area contributed by atoms with Crippen LogP contribution < -0.4 is 5.73 Å². The third-order valence-electron chi connectivity index (χ3n) is 3.25. The Morgan fingerprint density at radius 2 is 2.17 bits per heavy atom. The molecule has 1 atom stereocenters. The van der Waals surface area contributed by atoms with Crippen molar-refractivity contribution in [3.8, 4) is 0 Å². The third kappa shape index (κ3) is 4.48. The number of halogens is 1. The summed E-state index contributed by atoms with van der Waals surface area (Å²) in [5.74, 6) is 0. The zero-order valence-corrected chi connectivity index (χ0v) is 12.2. The van der Waals surface area contributed by atoms with Gasteiger partial charge in [0.15, 0.2) is 0 Å². The molecule has 1 unspecified atom stereocenters. The van der Waals surface area contributed by atoms with Crippen molar-refractivity contribution < 1.29 is 4.74 Å². The number of hydrogen-bond acceptors (Lipinski definition) is 3. The molecule has 0 heterocycles. The van der Waals surface area contributed by atoms with E-state index in [4.69, 9.17) is 22.1 Å². The molecule has 2 N–H and O–H groups in total. The van der Waals surface area contributed by atoms with E-state index in [2.05, 4.69) is 18.7 Å². The van der Waals surface area contributed by atoms with Crippen LogP contribution in [0.1, 0.15) is 25.8 Å². The van der Waals surface area contributed by atoms with Gasteiger partial charge in [-0.3, -0.25) is 4.90 Å². The predicted octanol–water partition coefficient (Wildman–Crippen LogP) is 3.17. The van der Waals surface area contributed by atoms with Crippen LogP contribution in [0.25, 0.3) is 0 Å². The van der Waals surface area contributed by atoms with Crippen LogP contribution in [0.4, 0.5) is 5.69 Å². The first-order valence-electron chi connectivity index (χ1n) is 6.35. The molecule has 0 radical (unpaired) electrons. The number of hydrogen-bond donors (Lipinski definition) is 1. The van der Waals surface area contributed by atoms with Gasteiger partial charge < -0.3 is 10.5 Å². The highest BCUT2D eigenvalue weighted by molar-refractivity contribution is 6.31. The molecule has 0 aliphatic carbocycles. The number of ether oxygens (including phenoxy) is 1. The zero-order chi connectivity index (χ0) is 13.5. The first-order valence-corrected chi connectivity index (χ1v) is 6.73. The molecule has 0 aliphatic rings. The van der Waals surface area contributed by atoms with Gasteiger partial charge in [-0.15, -0.1) is 0 Å². The summed E-state index contributed by atoms with van der Waals surface area (Å²) in [6, 6.07) is 6.21. The van der Waals surface area contributed by atoms with E-state index in [1.54, 1.807) is 7.11 Å². The summed E-state index contributed by atoms with van der Waals surface area (Å²) in [6.45, 7) is 6.89. The van der Waals surface area contributed by atoms with E-state index in [0.29, 0.717) is 11.7 Å². The first kappa shape index (κ1) is 15.3. The maximum absolute atomic E-state index is 6.22. The van der Waals surface area contributed by atoms with Gasteiger partial charge in [-0.05, 0) is 31.0 Å². The van der Waals surface area contributed by atoms with Crippen LogP contribution in [0.3, 0.4) is 0 Å². The lowest BCUT2D eigenvalue weighted by molar-refractivity contribution is 0.118. The summed E-state index contributed by atoms with van der Waals surface area (Å²) in [7, 11) is 1.73. The van der Waals surface area contributed by atoms with E-state index in [0.717, 1.165) is 36.7 Å². The molecule has 18 heavy (non-hydrogen) atoms. The molecular weight excluding hydrogens is 248 g/mol. The van der Waals surface area contributed by atoms with Gasteiger partial charge in [0.1, 0.15) is 0 Å². The highest BCUT2D eigenvalue weighted by Crippen LogP contribution is 2.21. The van der Waals surface area contributed by atoms with E-state index in [1.807, 2.05) is 18.2 Å². The van der Waals surface area contributed by atoms with Crippen LogP contribution in [0.15, 0.2) is 18.2 Å². The van der Waals surface area contributed by atoms with Crippen molar-refractivity contribution in [1.29, 1.82) is 0 Å². The summed E-state index contributed by atoms with van der Waals surface area (Å²) in [4.78, 5) is 2.38. The SMILES string of the molecule is CCC(C)N(CCOC)Cc1ccc(N)cc1Cl. The summed E-state index contributed by atoms with van der Waals surface area (Å²) in [5.41, 5.74) is 7.52. The number of rotatable bonds is 7. The minimum Gasteiger partial charge on any atom is -0.399 e.